The Morgan fingerprint density at radius 3 is 2.40 bits per heavy atom. The quantitative estimate of drug-likeness (QED) is 0.838. The Morgan fingerprint density at radius 2 is 1.80 bits per heavy atom. The lowest BCUT2D eigenvalue weighted by Gasteiger charge is -2.17. The summed E-state index contributed by atoms with van der Waals surface area (Å²) in [5, 5.41) is 0. The minimum Gasteiger partial charge on any atom is -0.296 e. The molecule has 1 heterocycles. The maximum atomic E-state index is 11.9. The van der Waals surface area contributed by atoms with Gasteiger partial charge in [0.05, 0.1) is 9.21 Å². The van der Waals surface area contributed by atoms with Crippen LogP contribution in [0.5, 0.6) is 0 Å². The van der Waals surface area contributed by atoms with Gasteiger partial charge in [0.1, 0.15) is 0 Å². The lowest BCUT2D eigenvalue weighted by atomic mass is 10.3. The van der Waals surface area contributed by atoms with E-state index in [0.29, 0.717) is 9.21 Å². The number of benzene rings is 1. The number of amides is 3. The Morgan fingerprint density at radius 1 is 1.10 bits per heavy atom. The third kappa shape index (κ3) is 3.49. The van der Waals surface area contributed by atoms with Gasteiger partial charge in [0.15, 0.2) is 0 Å². The molecule has 0 aliphatic rings. The summed E-state index contributed by atoms with van der Waals surface area (Å²) in [6.45, 7) is 0. The number of hydrazine groups is 1. The molecule has 1 aromatic heterocycles. The van der Waals surface area contributed by atoms with E-state index in [9.17, 15) is 9.59 Å². The highest BCUT2D eigenvalue weighted by atomic mass is 35.5. The molecular formula is C13H12ClN3O2S. The van der Waals surface area contributed by atoms with Crippen LogP contribution < -0.4 is 15.8 Å². The fraction of sp³-hybridized carbons (Fsp3) is 0.0769. The molecule has 104 valence electrons. The number of carbonyl (C=O) groups excluding carboxylic acids is 2. The van der Waals surface area contributed by atoms with Crippen molar-refractivity contribution < 1.29 is 9.59 Å². The molecule has 0 saturated carbocycles. The van der Waals surface area contributed by atoms with Crippen molar-refractivity contribution in [2.75, 3.05) is 11.9 Å². The molecule has 2 N–H and O–H groups in total. The minimum atomic E-state index is -0.438. The fourth-order valence-corrected chi connectivity index (χ4v) is 2.40. The van der Waals surface area contributed by atoms with Crippen molar-refractivity contribution in [2.45, 2.75) is 0 Å². The number of rotatable bonds is 2. The normalized spacial score (nSPS) is 9.90. The molecule has 0 unspecified atom stereocenters. The molecule has 20 heavy (non-hydrogen) atoms. The summed E-state index contributed by atoms with van der Waals surface area (Å²) < 4.78 is 0.517. The van der Waals surface area contributed by atoms with Crippen LogP contribution in [0.15, 0.2) is 42.5 Å². The number of hydrogen-bond donors (Lipinski definition) is 2. The molecule has 0 bridgehead atoms. The van der Waals surface area contributed by atoms with Crippen LogP contribution in [0.4, 0.5) is 10.5 Å². The van der Waals surface area contributed by atoms with Gasteiger partial charge >= 0.3 is 6.03 Å². The van der Waals surface area contributed by atoms with E-state index in [2.05, 4.69) is 10.9 Å². The van der Waals surface area contributed by atoms with Crippen LogP contribution in [0.3, 0.4) is 0 Å². The first-order valence-electron chi connectivity index (χ1n) is 5.72. The number of nitrogens with one attached hydrogen (secondary N) is 2. The predicted molar refractivity (Wildman–Crippen MR) is 80.2 cm³/mol. The number of halogens is 1. The lowest BCUT2D eigenvalue weighted by molar-refractivity contribution is 0.0941. The van der Waals surface area contributed by atoms with Crippen LogP contribution in [-0.4, -0.2) is 19.0 Å². The molecule has 0 saturated heterocycles. The number of hydrogen-bond acceptors (Lipinski definition) is 3. The van der Waals surface area contributed by atoms with Crippen LogP contribution in [0.25, 0.3) is 0 Å². The summed E-state index contributed by atoms with van der Waals surface area (Å²) in [5.41, 5.74) is 5.39. The average molecular weight is 310 g/mol. The molecule has 0 radical (unpaired) electrons. The summed E-state index contributed by atoms with van der Waals surface area (Å²) in [6, 6.07) is 11.9. The van der Waals surface area contributed by atoms with Crippen molar-refractivity contribution in [1.29, 1.82) is 0 Å². The Kier molecular flexibility index (Phi) is 4.60. The van der Waals surface area contributed by atoms with Crippen molar-refractivity contribution in [2.24, 2.45) is 0 Å². The molecule has 0 aliphatic carbocycles. The monoisotopic (exact) mass is 309 g/mol. The van der Waals surface area contributed by atoms with Crippen molar-refractivity contribution in [3.05, 3.63) is 51.7 Å². The van der Waals surface area contributed by atoms with E-state index in [0.717, 1.165) is 17.0 Å². The van der Waals surface area contributed by atoms with Crippen molar-refractivity contribution in [3.8, 4) is 0 Å². The molecule has 0 fully saturated rings. The second kappa shape index (κ2) is 6.40. The molecule has 7 heteroatoms. The molecular weight excluding hydrogens is 298 g/mol. The van der Waals surface area contributed by atoms with Crippen LogP contribution >= 0.6 is 22.9 Å². The second-order valence-electron chi connectivity index (χ2n) is 3.88. The van der Waals surface area contributed by atoms with E-state index in [-0.39, 0.29) is 0 Å². The highest BCUT2D eigenvalue weighted by Crippen LogP contribution is 2.20. The fourth-order valence-electron chi connectivity index (χ4n) is 1.46. The van der Waals surface area contributed by atoms with Crippen LogP contribution in [0.2, 0.25) is 4.34 Å². The minimum absolute atomic E-state index is 0.406. The maximum absolute atomic E-state index is 11.9. The summed E-state index contributed by atoms with van der Waals surface area (Å²) in [6.07, 6.45) is 0. The first kappa shape index (κ1) is 14.4. The maximum Gasteiger partial charge on any atom is 0.340 e. The van der Waals surface area contributed by atoms with Gasteiger partial charge in [0.2, 0.25) is 0 Å². The van der Waals surface area contributed by atoms with Gasteiger partial charge in [-0.3, -0.25) is 15.1 Å². The van der Waals surface area contributed by atoms with E-state index in [1.54, 1.807) is 31.3 Å². The zero-order chi connectivity index (χ0) is 14.5. The van der Waals surface area contributed by atoms with Gasteiger partial charge in [-0.15, -0.1) is 11.3 Å². The average Bonchev–Trinajstić information content (AvgIpc) is 2.91. The smallest absolute Gasteiger partial charge is 0.296 e. The van der Waals surface area contributed by atoms with Crippen LogP contribution in [0, 0.1) is 0 Å². The molecule has 3 amide bonds. The molecule has 0 spiro atoms. The summed E-state index contributed by atoms with van der Waals surface area (Å²) in [5.74, 6) is -0.406. The standard InChI is InChI=1S/C13H12ClN3O2S/c1-17(9-5-3-2-4-6-9)13(19)16-15-12(18)10-7-8-11(14)20-10/h2-8H,1H3,(H,15,18)(H,16,19). The highest BCUT2D eigenvalue weighted by Gasteiger charge is 2.13. The van der Waals surface area contributed by atoms with Gasteiger partial charge in [0, 0.05) is 12.7 Å². The van der Waals surface area contributed by atoms with Gasteiger partial charge in [-0.1, -0.05) is 29.8 Å². The molecule has 0 aliphatic heterocycles. The van der Waals surface area contributed by atoms with Crippen LogP contribution in [0.1, 0.15) is 9.67 Å². The Bertz CT molecular complexity index is 615. The van der Waals surface area contributed by atoms with Crippen LogP contribution in [-0.2, 0) is 0 Å². The third-order valence-corrected chi connectivity index (χ3v) is 3.76. The summed E-state index contributed by atoms with van der Waals surface area (Å²) in [7, 11) is 1.61. The SMILES string of the molecule is CN(C(=O)NNC(=O)c1ccc(Cl)s1)c1ccccc1. The highest BCUT2D eigenvalue weighted by molar-refractivity contribution is 7.17. The van der Waals surface area contributed by atoms with E-state index in [1.807, 2.05) is 18.2 Å². The lowest BCUT2D eigenvalue weighted by Crippen LogP contribution is -2.47. The van der Waals surface area contributed by atoms with Crippen molar-refractivity contribution in [3.63, 3.8) is 0 Å². The van der Waals surface area contributed by atoms with Crippen molar-refractivity contribution >= 4 is 40.6 Å². The molecule has 5 nitrogen and oxygen atoms in total. The second-order valence-corrected chi connectivity index (χ2v) is 5.60. The molecule has 2 rings (SSSR count). The number of anilines is 1. The number of nitrogens with zero attached hydrogens (tertiary/aromatic N) is 1. The van der Waals surface area contributed by atoms with E-state index in [4.69, 9.17) is 11.6 Å². The van der Waals surface area contributed by atoms with Gasteiger partial charge in [-0.25, -0.2) is 10.2 Å². The topological polar surface area (TPSA) is 61.4 Å². The zero-order valence-electron chi connectivity index (χ0n) is 10.6. The van der Waals surface area contributed by atoms with Gasteiger partial charge < -0.3 is 0 Å². The number of thiophene rings is 1. The van der Waals surface area contributed by atoms with E-state index in [1.165, 1.54) is 4.90 Å². The van der Waals surface area contributed by atoms with Gasteiger partial charge in [-0.2, -0.15) is 0 Å². The summed E-state index contributed by atoms with van der Waals surface area (Å²) in [4.78, 5) is 25.4. The summed E-state index contributed by atoms with van der Waals surface area (Å²) >= 11 is 6.88. The first-order chi connectivity index (χ1) is 9.58. The molecule has 0 atom stereocenters. The Hall–Kier alpha value is -2.05. The number of para-hydroxylation sites is 1. The number of urea groups is 1. The zero-order valence-corrected chi connectivity index (χ0v) is 12.2. The largest absolute Gasteiger partial charge is 0.340 e. The Labute approximate surface area is 125 Å². The predicted octanol–water partition coefficient (Wildman–Crippen LogP) is 2.89. The van der Waals surface area contributed by atoms with E-state index < -0.39 is 11.9 Å². The van der Waals surface area contributed by atoms with E-state index >= 15 is 0 Å². The molecule has 2 aromatic rings. The first-order valence-corrected chi connectivity index (χ1v) is 6.92. The third-order valence-electron chi connectivity index (χ3n) is 2.53. The molecule has 1 aromatic carbocycles. The Balaban J connectivity index is 1.91. The van der Waals surface area contributed by atoms with Crippen molar-refractivity contribution in [1.82, 2.24) is 10.9 Å². The van der Waals surface area contributed by atoms with Gasteiger partial charge in [-0.05, 0) is 24.3 Å². The number of carbonyl (C=O) groups is 2. The van der Waals surface area contributed by atoms with Gasteiger partial charge in [0.25, 0.3) is 5.91 Å².